The van der Waals surface area contributed by atoms with E-state index in [1.165, 1.54) is 19.2 Å². The smallest absolute Gasteiger partial charge is 0.190 e. The molecule has 6 heteroatoms. The number of halogens is 2. The molecule has 1 atom stereocenters. The van der Waals surface area contributed by atoms with E-state index in [4.69, 9.17) is 4.74 Å². The Bertz CT molecular complexity index is 538. The van der Waals surface area contributed by atoms with E-state index in [1.54, 1.807) is 0 Å². The molecular formula is C18H27F2N3O. The van der Waals surface area contributed by atoms with E-state index in [2.05, 4.69) is 21.6 Å². The number of likely N-dealkylation sites (N-methyl/N-ethyl adjacent to an activating group) is 1. The van der Waals surface area contributed by atoms with Crippen LogP contribution in [0.1, 0.15) is 18.9 Å². The average molecular weight is 339 g/mol. The van der Waals surface area contributed by atoms with Gasteiger partial charge in [-0.25, -0.2) is 8.78 Å². The summed E-state index contributed by atoms with van der Waals surface area (Å²) in [4.78, 5) is 7.34. The third-order valence-electron chi connectivity index (χ3n) is 5.29. The van der Waals surface area contributed by atoms with Crippen molar-refractivity contribution in [2.75, 3.05) is 52.9 Å². The number of hydrogen-bond acceptors (Lipinski definition) is 4. The van der Waals surface area contributed by atoms with Crippen molar-refractivity contribution in [3.05, 3.63) is 29.3 Å². The van der Waals surface area contributed by atoms with Crippen molar-refractivity contribution in [1.82, 2.24) is 14.7 Å². The normalized spacial score (nSPS) is 23.8. The van der Waals surface area contributed by atoms with Gasteiger partial charge in [-0.3, -0.25) is 9.80 Å². The summed E-state index contributed by atoms with van der Waals surface area (Å²) in [5.74, 6) is -1.55. The van der Waals surface area contributed by atoms with Gasteiger partial charge in [0, 0.05) is 51.9 Å². The average Bonchev–Trinajstić information content (AvgIpc) is 3.03. The van der Waals surface area contributed by atoms with E-state index in [-0.39, 0.29) is 5.75 Å². The fraction of sp³-hybridized carbons (Fsp3) is 0.667. The van der Waals surface area contributed by atoms with Crippen LogP contribution in [0.15, 0.2) is 12.1 Å². The van der Waals surface area contributed by atoms with Crippen LogP contribution in [0.25, 0.3) is 0 Å². The number of methoxy groups -OCH3 is 1. The molecule has 0 unspecified atom stereocenters. The molecule has 0 aromatic heterocycles. The van der Waals surface area contributed by atoms with Gasteiger partial charge < -0.3 is 9.64 Å². The summed E-state index contributed by atoms with van der Waals surface area (Å²) in [7, 11) is 1.28. The molecule has 1 aromatic rings. The Morgan fingerprint density at radius 2 is 1.71 bits per heavy atom. The second kappa shape index (κ2) is 7.76. The summed E-state index contributed by atoms with van der Waals surface area (Å²) < 4.78 is 32.4. The van der Waals surface area contributed by atoms with E-state index in [0.29, 0.717) is 18.2 Å². The molecule has 134 valence electrons. The number of piperazine rings is 1. The summed E-state index contributed by atoms with van der Waals surface area (Å²) in [5, 5.41) is 0. The van der Waals surface area contributed by atoms with Crippen LogP contribution in [0, 0.1) is 11.6 Å². The van der Waals surface area contributed by atoms with Crippen LogP contribution >= 0.6 is 0 Å². The summed E-state index contributed by atoms with van der Waals surface area (Å²) in [6.45, 7) is 10.4. The van der Waals surface area contributed by atoms with Crippen LogP contribution in [0.4, 0.5) is 8.78 Å². The van der Waals surface area contributed by atoms with Crippen molar-refractivity contribution < 1.29 is 13.5 Å². The number of rotatable bonds is 5. The van der Waals surface area contributed by atoms with Crippen LogP contribution in [0.2, 0.25) is 0 Å². The van der Waals surface area contributed by atoms with Gasteiger partial charge >= 0.3 is 0 Å². The maximum absolute atomic E-state index is 13.8. The zero-order valence-electron chi connectivity index (χ0n) is 14.6. The van der Waals surface area contributed by atoms with Crippen molar-refractivity contribution in [3.8, 4) is 5.75 Å². The number of ether oxygens (including phenoxy) is 1. The molecule has 0 bridgehead atoms. The van der Waals surface area contributed by atoms with E-state index < -0.39 is 11.6 Å². The lowest BCUT2D eigenvalue weighted by Crippen LogP contribution is -2.50. The molecule has 0 amide bonds. The molecule has 2 aliphatic rings. The molecule has 0 radical (unpaired) electrons. The first-order valence-corrected chi connectivity index (χ1v) is 8.81. The number of benzene rings is 1. The van der Waals surface area contributed by atoms with Gasteiger partial charge in [0.15, 0.2) is 17.4 Å². The predicted molar refractivity (Wildman–Crippen MR) is 90.3 cm³/mol. The van der Waals surface area contributed by atoms with Crippen LogP contribution in [0.5, 0.6) is 5.75 Å². The first-order chi connectivity index (χ1) is 11.6. The van der Waals surface area contributed by atoms with Crippen LogP contribution in [0.3, 0.4) is 0 Å². The first-order valence-electron chi connectivity index (χ1n) is 8.81. The van der Waals surface area contributed by atoms with E-state index in [0.717, 1.165) is 52.2 Å². The second-order valence-corrected chi connectivity index (χ2v) is 6.74. The van der Waals surface area contributed by atoms with E-state index in [1.807, 2.05) is 0 Å². The van der Waals surface area contributed by atoms with Gasteiger partial charge in [0.1, 0.15) is 0 Å². The molecule has 3 rings (SSSR count). The minimum atomic E-state index is -0.626. The van der Waals surface area contributed by atoms with Gasteiger partial charge in [-0.15, -0.1) is 0 Å². The zero-order valence-corrected chi connectivity index (χ0v) is 14.6. The summed E-state index contributed by atoms with van der Waals surface area (Å²) in [5.41, 5.74) is 0.669. The van der Waals surface area contributed by atoms with Crippen LogP contribution in [-0.4, -0.2) is 73.7 Å². The largest absolute Gasteiger partial charge is 0.491 e. The van der Waals surface area contributed by atoms with Crippen LogP contribution < -0.4 is 4.74 Å². The number of hydrogen-bond donors (Lipinski definition) is 0. The summed E-state index contributed by atoms with van der Waals surface area (Å²) in [6.07, 6.45) is 1.13. The maximum Gasteiger partial charge on any atom is 0.190 e. The monoisotopic (exact) mass is 339 g/mol. The predicted octanol–water partition coefficient (Wildman–Crippen LogP) is 2.19. The van der Waals surface area contributed by atoms with Gasteiger partial charge in [-0.05, 0) is 30.7 Å². The molecular weight excluding hydrogens is 312 g/mol. The minimum Gasteiger partial charge on any atom is -0.491 e. The van der Waals surface area contributed by atoms with Crippen molar-refractivity contribution in [1.29, 1.82) is 0 Å². The molecule has 0 saturated carbocycles. The highest BCUT2D eigenvalue weighted by atomic mass is 19.1. The Balaban J connectivity index is 1.55. The molecule has 24 heavy (non-hydrogen) atoms. The molecule has 0 spiro atoms. The maximum atomic E-state index is 13.8. The Hall–Kier alpha value is -1.24. The molecule has 2 heterocycles. The Morgan fingerprint density at radius 3 is 2.29 bits per heavy atom. The van der Waals surface area contributed by atoms with Gasteiger partial charge in [0.05, 0.1) is 7.11 Å². The lowest BCUT2D eigenvalue weighted by molar-refractivity contribution is 0.101. The van der Waals surface area contributed by atoms with E-state index in [9.17, 15) is 8.78 Å². The fourth-order valence-electron chi connectivity index (χ4n) is 3.86. The van der Waals surface area contributed by atoms with Crippen molar-refractivity contribution >= 4 is 0 Å². The lowest BCUT2D eigenvalue weighted by Gasteiger charge is -2.37. The number of likely N-dealkylation sites (tertiary alicyclic amines) is 1. The third kappa shape index (κ3) is 3.87. The minimum absolute atomic E-state index is 0.299. The van der Waals surface area contributed by atoms with Crippen LogP contribution in [-0.2, 0) is 6.54 Å². The number of nitrogens with zero attached hydrogens (tertiary/aromatic N) is 3. The SMILES string of the molecule is CCN1CCN([C@H]2CCN(Cc3cc(F)c(OC)c(F)c3)C2)CC1. The standard InChI is InChI=1S/C18H27F2N3O/c1-3-21-6-8-23(9-7-21)15-4-5-22(13-15)12-14-10-16(19)18(24-2)17(20)11-14/h10-11,15H,3-9,12-13H2,1-2H3/t15-/m0/s1. The molecule has 2 saturated heterocycles. The van der Waals surface area contributed by atoms with Crippen molar-refractivity contribution in [3.63, 3.8) is 0 Å². The summed E-state index contributed by atoms with van der Waals surface area (Å²) >= 11 is 0. The highest BCUT2D eigenvalue weighted by Gasteiger charge is 2.29. The molecule has 0 aliphatic carbocycles. The quantitative estimate of drug-likeness (QED) is 0.818. The van der Waals surface area contributed by atoms with Crippen molar-refractivity contribution in [2.45, 2.75) is 25.9 Å². The molecule has 4 nitrogen and oxygen atoms in total. The Kier molecular flexibility index (Phi) is 5.69. The van der Waals surface area contributed by atoms with Gasteiger partial charge in [0.2, 0.25) is 0 Å². The molecule has 2 aliphatic heterocycles. The highest BCUT2D eigenvalue weighted by Crippen LogP contribution is 2.25. The Morgan fingerprint density at radius 1 is 1.04 bits per heavy atom. The third-order valence-corrected chi connectivity index (χ3v) is 5.29. The van der Waals surface area contributed by atoms with Gasteiger partial charge in [-0.1, -0.05) is 6.92 Å². The van der Waals surface area contributed by atoms with Crippen molar-refractivity contribution in [2.24, 2.45) is 0 Å². The topological polar surface area (TPSA) is 19.0 Å². The molecule has 1 aromatic carbocycles. The zero-order chi connectivity index (χ0) is 17.1. The summed E-state index contributed by atoms with van der Waals surface area (Å²) in [6, 6.07) is 3.33. The second-order valence-electron chi connectivity index (χ2n) is 6.74. The van der Waals surface area contributed by atoms with E-state index >= 15 is 0 Å². The fourth-order valence-corrected chi connectivity index (χ4v) is 3.86. The van der Waals surface area contributed by atoms with Gasteiger partial charge in [0.25, 0.3) is 0 Å². The lowest BCUT2D eigenvalue weighted by atomic mass is 10.2. The molecule has 0 N–H and O–H groups in total. The highest BCUT2D eigenvalue weighted by molar-refractivity contribution is 5.31. The van der Waals surface area contributed by atoms with Gasteiger partial charge in [-0.2, -0.15) is 0 Å². The first kappa shape index (κ1) is 17.6. The molecule has 2 fully saturated rings. The Labute approximate surface area is 143 Å².